The number of nitrogens with zero attached hydrogens (tertiary/aromatic N) is 3. The average molecular weight is 624 g/mol. The zero-order chi connectivity index (χ0) is 31.9. The number of aromatic hydroxyl groups is 1. The molecule has 6 rings (SSSR count). The molecule has 1 saturated heterocycles. The second-order valence-electron chi connectivity index (χ2n) is 12.0. The number of likely N-dealkylation sites (N-methyl/N-ethyl adjacent to an activating group) is 1. The summed E-state index contributed by atoms with van der Waals surface area (Å²) in [7, 11) is 0. The molecule has 3 atom stereocenters. The van der Waals surface area contributed by atoms with E-state index in [2.05, 4.69) is 27.4 Å². The van der Waals surface area contributed by atoms with Crippen molar-refractivity contribution in [2.45, 2.75) is 51.4 Å². The fourth-order valence-electron chi connectivity index (χ4n) is 6.36. The second kappa shape index (κ2) is 12.3. The van der Waals surface area contributed by atoms with Gasteiger partial charge in [0, 0.05) is 74.0 Å². The van der Waals surface area contributed by atoms with Crippen molar-refractivity contribution in [1.82, 2.24) is 20.1 Å². The highest BCUT2D eigenvalue weighted by Gasteiger charge is 2.50. The Labute approximate surface area is 259 Å². The number of aromatic nitrogens is 1. The molecule has 0 radical (unpaired) electrons. The second-order valence-corrected chi connectivity index (χ2v) is 12.0. The van der Waals surface area contributed by atoms with Crippen LogP contribution in [0.5, 0.6) is 17.2 Å². The van der Waals surface area contributed by atoms with Crippen molar-refractivity contribution in [3.63, 3.8) is 0 Å². The lowest BCUT2D eigenvalue weighted by Gasteiger charge is -2.34. The van der Waals surface area contributed by atoms with E-state index in [1.54, 1.807) is 24.4 Å². The van der Waals surface area contributed by atoms with Gasteiger partial charge in [0.05, 0.1) is 5.56 Å². The molecule has 0 spiro atoms. The van der Waals surface area contributed by atoms with Gasteiger partial charge in [0.15, 0.2) is 0 Å². The van der Waals surface area contributed by atoms with E-state index in [-0.39, 0.29) is 47.2 Å². The molecule has 3 aromatic rings. The number of fused-ring (bicyclic) bond motifs is 1. The Morgan fingerprint density at radius 2 is 1.84 bits per heavy atom. The predicted octanol–water partition coefficient (Wildman–Crippen LogP) is 5.15. The topological polar surface area (TPSA) is 107 Å². The summed E-state index contributed by atoms with van der Waals surface area (Å²) < 4.78 is 48.5. The van der Waals surface area contributed by atoms with Crippen LogP contribution in [0.3, 0.4) is 0 Å². The Kier molecular flexibility index (Phi) is 8.45. The Bertz CT molecular complexity index is 1610. The maximum atomic E-state index is 14.1. The minimum absolute atomic E-state index is 0.0310. The summed E-state index contributed by atoms with van der Waals surface area (Å²) in [5, 5.41) is 16.3. The smallest absolute Gasteiger partial charge is 0.416 e. The zero-order valence-electron chi connectivity index (χ0n) is 25.2. The molecule has 1 aliphatic carbocycles. The molecule has 3 aliphatic rings. The van der Waals surface area contributed by atoms with Gasteiger partial charge in [-0.15, -0.1) is 0 Å². The van der Waals surface area contributed by atoms with Crippen molar-refractivity contribution < 1.29 is 32.6 Å². The number of alkyl halides is 3. The summed E-state index contributed by atoms with van der Waals surface area (Å²) in [6.45, 7) is 8.08. The first kappa shape index (κ1) is 30.8. The number of piperazine rings is 1. The van der Waals surface area contributed by atoms with Crippen LogP contribution in [-0.2, 0) is 23.9 Å². The highest BCUT2D eigenvalue weighted by Crippen LogP contribution is 2.51. The van der Waals surface area contributed by atoms with E-state index in [4.69, 9.17) is 4.74 Å². The van der Waals surface area contributed by atoms with E-state index in [9.17, 15) is 27.9 Å². The first-order chi connectivity index (χ1) is 21.5. The number of carbonyl (C=O) groups excluding carboxylic acids is 2. The number of pyridine rings is 1. The van der Waals surface area contributed by atoms with Crippen LogP contribution in [0, 0.1) is 5.92 Å². The summed E-state index contributed by atoms with van der Waals surface area (Å²) in [4.78, 5) is 33.4. The number of hydrogen-bond acceptors (Lipinski definition) is 7. The van der Waals surface area contributed by atoms with Gasteiger partial charge in [-0.25, -0.2) is 4.98 Å². The quantitative estimate of drug-likeness (QED) is 0.319. The fraction of sp³-hybridized carbons (Fsp3) is 0.424. The summed E-state index contributed by atoms with van der Waals surface area (Å²) in [6, 6.07) is 9.97. The molecule has 238 valence electrons. The maximum Gasteiger partial charge on any atom is 0.416 e. The number of nitrogens with one attached hydrogen (secondary N) is 2. The first-order valence-corrected chi connectivity index (χ1v) is 15.3. The van der Waals surface area contributed by atoms with Gasteiger partial charge < -0.3 is 25.4 Å². The van der Waals surface area contributed by atoms with Gasteiger partial charge in [-0.05, 0) is 60.8 Å². The molecule has 3 N–H and O–H groups in total. The third-order valence-corrected chi connectivity index (χ3v) is 9.12. The van der Waals surface area contributed by atoms with E-state index in [0.717, 1.165) is 31.3 Å². The number of amides is 2. The Balaban J connectivity index is 1.15. The number of ether oxygens (including phenoxy) is 1. The molecular formula is C33H36F3N5O4. The van der Waals surface area contributed by atoms with Crippen molar-refractivity contribution >= 4 is 17.6 Å². The molecule has 2 aromatic carbocycles. The van der Waals surface area contributed by atoms with Gasteiger partial charge in [0.25, 0.3) is 5.91 Å². The van der Waals surface area contributed by atoms with Crippen LogP contribution in [-0.4, -0.2) is 70.5 Å². The van der Waals surface area contributed by atoms with Crippen LogP contribution < -0.4 is 15.4 Å². The van der Waals surface area contributed by atoms with Crippen molar-refractivity contribution in [2.24, 2.45) is 5.92 Å². The number of carbonyl (C=O) groups is 2. The molecule has 2 fully saturated rings. The number of phenols is 1. The lowest BCUT2D eigenvalue weighted by atomic mass is 10.0. The fourth-order valence-corrected chi connectivity index (χ4v) is 6.36. The Morgan fingerprint density at radius 3 is 2.58 bits per heavy atom. The standard InChI is InChI=1S/C33H36F3N5O4/c1-3-40-12-14-41(15-13-40)18-21-5-4-20(16-25(21)33(34,35)36)32(44)39-30-19(2)29(30)24-17-22(6-8-26(24)42)45-27-10-11-37-31-23(27)7-9-28(43)38-31/h4-6,8,10-11,16-17,19,29-30,42H,3,7,9,12-15,18H2,1-2H3,(H,39,44)(H,37,38,43)/t19-,29-,30+/m1/s1. The lowest BCUT2D eigenvalue weighted by molar-refractivity contribution is -0.138. The molecule has 45 heavy (non-hydrogen) atoms. The molecule has 0 bridgehead atoms. The summed E-state index contributed by atoms with van der Waals surface area (Å²) >= 11 is 0. The molecule has 3 heterocycles. The third kappa shape index (κ3) is 6.62. The van der Waals surface area contributed by atoms with Gasteiger partial charge in [0.1, 0.15) is 23.1 Å². The number of rotatable bonds is 8. The van der Waals surface area contributed by atoms with Crippen LogP contribution in [0.25, 0.3) is 0 Å². The molecule has 1 saturated carbocycles. The molecule has 12 heteroatoms. The minimum Gasteiger partial charge on any atom is -0.508 e. The van der Waals surface area contributed by atoms with Crippen LogP contribution in [0.4, 0.5) is 19.0 Å². The normalized spacial score (nSPS) is 22.0. The summed E-state index contributed by atoms with van der Waals surface area (Å²) in [5.41, 5.74) is 0.640. The highest BCUT2D eigenvalue weighted by molar-refractivity contribution is 5.95. The van der Waals surface area contributed by atoms with Crippen LogP contribution >= 0.6 is 0 Å². The largest absolute Gasteiger partial charge is 0.508 e. The van der Waals surface area contributed by atoms with E-state index in [1.807, 2.05) is 11.8 Å². The number of anilines is 1. The van der Waals surface area contributed by atoms with Crippen LogP contribution in [0.1, 0.15) is 58.8 Å². The highest BCUT2D eigenvalue weighted by atomic mass is 19.4. The minimum atomic E-state index is -4.60. The third-order valence-electron chi connectivity index (χ3n) is 9.12. The summed E-state index contributed by atoms with van der Waals surface area (Å²) in [5.74, 6) is 0.452. The number of hydrogen-bond donors (Lipinski definition) is 3. The van der Waals surface area contributed by atoms with Crippen molar-refractivity contribution in [2.75, 3.05) is 38.0 Å². The van der Waals surface area contributed by atoms with Crippen molar-refractivity contribution in [3.05, 3.63) is 76.5 Å². The van der Waals surface area contributed by atoms with Gasteiger partial charge >= 0.3 is 6.18 Å². The molecule has 1 aromatic heterocycles. The van der Waals surface area contributed by atoms with E-state index >= 15 is 0 Å². The number of benzene rings is 2. The Morgan fingerprint density at radius 1 is 1.09 bits per heavy atom. The molecule has 9 nitrogen and oxygen atoms in total. The van der Waals surface area contributed by atoms with Gasteiger partial charge in [0.2, 0.25) is 5.91 Å². The molecular weight excluding hydrogens is 587 g/mol. The molecule has 2 amide bonds. The van der Waals surface area contributed by atoms with E-state index in [1.165, 1.54) is 18.2 Å². The van der Waals surface area contributed by atoms with Crippen molar-refractivity contribution in [3.8, 4) is 17.2 Å². The SMILES string of the molecule is CCN1CCN(Cc2ccc(C(=O)N[C@H]3[C@H](C)[C@@H]3c3cc(Oc4ccnc5c4CCC(=O)N5)ccc3O)cc2C(F)(F)F)CC1. The number of halogens is 3. The van der Waals surface area contributed by atoms with Gasteiger partial charge in [-0.2, -0.15) is 13.2 Å². The average Bonchev–Trinajstić information content (AvgIpc) is 3.65. The van der Waals surface area contributed by atoms with E-state index in [0.29, 0.717) is 48.8 Å². The van der Waals surface area contributed by atoms with Crippen molar-refractivity contribution in [1.29, 1.82) is 0 Å². The van der Waals surface area contributed by atoms with Crippen LogP contribution in [0.2, 0.25) is 0 Å². The predicted molar refractivity (Wildman–Crippen MR) is 161 cm³/mol. The zero-order valence-corrected chi connectivity index (χ0v) is 25.2. The monoisotopic (exact) mass is 623 g/mol. The van der Waals surface area contributed by atoms with Gasteiger partial charge in [-0.3, -0.25) is 14.5 Å². The number of phenolic OH excluding ortho intramolecular Hbond substituents is 1. The maximum absolute atomic E-state index is 14.1. The lowest BCUT2D eigenvalue weighted by Crippen LogP contribution is -2.45. The molecule has 2 aliphatic heterocycles. The summed E-state index contributed by atoms with van der Waals surface area (Å²) in [6.07, 6.45) is -2.26. The van der Waals surface area contributed by atoms with Gasteiger partial charge in [-0.1, -0.05) is 19.9 Å². The Hall–Kier alpha value is -4.16. The molecule has 0 unspecified atom stereocenters. The van der Waals surface area contributed by atoms with Crippen LogP contribution in [0.15, 0.2) is 48.7 Å². The first-order valence-electron chi connectivity index (χ1n) is 15.3. The van der Waals surface area contributed by atoms with E-state index < -0.39 is 17.6 Å².